The van der Waals surface area contributed by atoms with Crippen LogP contribution in [-0.4, -0.2) is 69.2 Å². The number of benzene rings is 1. The van der Waals surface area contributed by atoms with Crippen LogP contribution in [0.3, 0.4) is 0 Å². The molecule has 0 atom stereocenters. The molecule has 2 rings (SSSR count). The molecule has 0 saturated carbocycles. The van der Waals surface area contributed by atoms with Gasteiger partial charge in [-0.15, -0.1) is 0 Å². The lowest BCUT2D eigenvalue weighted by atomic mass is 10.1. The summed E-state index contributed by atoms with van der Waals surface area (Å²) in [7, 11) is 4.84. The van der Waals surface area contributed by atoms with Crippen molar-refractivity contribution in [2.45, 2.75) is 52.0 Å². The molecule has 1 aromatic heterocycles. The Bertz CT molecular complexity index is 884. The summed E-state index contributed by atoms with van der Waals surface area (Å²) in [4.78, 5) is 29.7. The summed E-state index contributed by atoms with van der Waals surface area (Å²) in [5.74, 6) is 1.92. The van der Waals surface area contributed by atoms with Crippen molar-refractivity contribution < 1.29 is 28.2 Å². The first-order valence-electron chi connectivity index (χ1n) is 12.3. The van der Waals surface area contributed by atoms with Crippen molar-refractivity contribution in [2.24, 2.45) is 0 Å². The van der Waals surface area contributed by atoms with E-state index < -0.39 is 0 Å². The number of hydrogen-bond donors (Lipinski definition) is 0. The molecule has 2 amide bonds. The van der Waals surface area contributed by atoms with Crippen LogP contribution in [0, 0.1) is 0 Å². The minimum absolute atomic E-state index is 0.0146. The number of amides is 2. The predicted molar refractivity (Wildman–Crippen MR) is 135 cm³/mol. The molecular formula is C27H40N2O6. The molecule has 8 nitrogen and oxygen atoms in total. The summed E-state index contributed by atoms with van der Waals surface area (Å²) < 4.78 is 21.4. The van der Waals surface area contributed by atoms with E-state index in [1.54, 1.807) is 43.5 Å². The highest BCUT2D eigenvalue weighted by atomic mass is 16.5. The molecule has 8 heteroatoms. The third-order valence-corrected chi connectivity index (χ3v) is 5.85. The van der Waals surface area contributed by atoms with Gasteiger partial charge in [-0.1, -0.05) is 25.8 Å². The fourth-order valence-electron chi connectivity index (χ4n) is 3.82. The van der Waals surface area contributed by atoms with Crippen molar-refractivity contribution in [3.05, 3.63) is 47.9 Å². The third kappa shape index (κ3) is 9.64. The molecule has 35 heavy (non-hydrogen) atoms. The zero-order valence-corrected chi connectivity index (χ0v) is 21.6. The van der Waals surface area contributed by atoms with Gasteiger partial charge in [0.2, 0.25) is 11.8 Å². The molecule has 0 radical (unpaired) electrons. The Labute approximate surface area is 209 Å². The van der Waals surface area contributed by atoms with Crippen molar-refractivity contribution in [1.29, 1.82) is 0 Å². The van der Waals surface area contributed by atoms with E-state index in [9.17, 15) is 9.59 Å². The highest BCUT2D eigenvalue weighted by Gasteiger charge is 2.22. The van der Waals surface area contributed by atoms with E-state index in [0.29, 0.717) is 62.8 Å². The molecule has 2 aromatic rings. The van der Waals surface area contributed by atoms with Gasteiger partial charge in [0, 0.05) is 33.2 Å². The Hall–Kier alpha value is -3.00. The lowest BCUT2D eigenvalue weighted by Crippen LogP contribution is -2.43. The fraction of sp³-hybridized carbons (Fsp3) is 0.556. The molecule has 0 spiro atoms. The number of carbonyl (C=O) groups is 2. The highest BCUT2D eigenvalue weighted by Crippen LogP contribution is 2.27. The molecule has 1 heterocycles. The molecule has 0 fully saturated rings. The average molecular weight is 489 g/mol. The Morgan fingerprint density at radius 3 is 2.37 bits per heavy atom. The molecular weight excluding hydrogens is 448 g/mol. The lowest BCUT2D eigenvalue weighted by molar-refractivity contribution is -0.141. The van der Waals surface area contributed by atoms with E-state index >= 15 is 0 Å². The van der Waals surface area contributed by atoms with Gasteiger partial charge in [-0.05, 0) is 49.1 Å². The summed E-state index contributed by atoms with van der Waals surface area (Å²) in [6.07, 6.45) is 6.25. The maximum absolute atomic E-state index is 13.4. The Morgan fingerprint density at radius 1 is 0.914 bits per heavy atom. The van der Waals surface area contributed by atoms with E-state index in [2.05, 4.69) is 6.92 Å². The normalized spacial score (nSPS) is 10.7. The summed E-state index contributed by atoms with van der Waals surface area (Å²) >= 11 is 0. The van der Waals surface area contributed by atoms with Gasteiger partial charge in [0.15, 0.2) is 11.5 Å². The van der Waals surface area contributed by atoms with Crippen LogP contribution in [0.5, 0.6) is 11.5 Å². The number of carbonyl (C=O) groups excluding carboxylic acids is 2. The second-order valence-electron chi connectivity index (χ2n) is 8.45. The minimum atomic E-state index is -0.108. The number of rotatable bonds is 17. The number of unbranched alkanes of at least 4 members (excludes halogenated alkanes) is 2. The van der Waals surface area contributed by atoms with E-state index in [1.165, 1.54) is 0 Å². The Balaban J connectivity index is 2.11. The minimum Gasteiger partial charge on any atom is -0.493 e. The number of ether oxygens (including phenoxy) is 3. The fourth-order valence-corrected chi connectivity index (χ4v) is 3.82. The Morgan fingerprint density at radius 2 is 1.71 bits per heavy atom. The van der Waals surface area contributed by atoms with Gasteiger partial charge >= 0.3 is 0 Å². The van der Waals surface area contributed by atoms with E-state index in [1.807, 2.05) is 24.3 Å². The summed E-state index contributed by atoms with van der Waals surface area (Å²) in [5, 5.41) is 0. The standard InChI is InChI=1S/C27H40N2O6/c1-5-6-7-11-26(30)28(15-9-17-32-2)21-27(31)29(20-23-10-8-18-35-23)16-14-22-12-13-24(33-3)25(19-22)34-4/h8,10,12-13,18-19H,5-7,9,11,14-17,20-21H2,1-4H3. The first-order chi connectivity index (χ1) is 17.0. The van der Waals surface area contributed by atoms with Crippen molar-refractivity contribution in [3.63, 3.8) is 0 Å². The molecule has 0 unspecified atom stereocenters. The second kappa shape index (κ2) is 15.8. The predicted octanol–water partition coefficient (Wildman–Crippen LogP) is 4.31. The topological polar surface area (TPSA) is 81.5 Å². The number of furan rings is 1. The van der Waals surface area contributed by atoms with Crippen LogP contribution in [0.15, 0.2) is 41.0 Å². The van der Waals surface area contributed by atoms with Crippen LogP contribution in [0.1, 0.15) is 50.4 Å². The zero-order valence-electron chi connectivity index (χ0n) is 21.6. The summed E-state index contributed by atoms with van der Waals surface area (Å²) in [6, 6.07) is 9.40. The highest BCUT2D eigenvalue weighted by molar-refractivity contribution is 5.84. The SMILES string of the molecule is CCCCCC(=O)N(CCCOC)CC(=O)N(CCc1ccc(OC)c(OC)c1)Cc1ccco1. The second-order valence-corrected chi connectivity index (χ2v) is 8.45. The van der Waals surface area contributed by atoms with Gasteiger partial charge in [-0.3, -0.25) is 9.59 Å². The maximum Gasteiger partial charge on any atom is 0.242 e. The van der Waals surface area contributed by atoms with Gasteiger partial charge in [0.05, 0.1) is 33.6 Å². The van der Waals surface area contributed by atoms with Crippen LogP contribution in [0.25, 0.3) is 0 Å². The molecule has 0 aliphatic rings. The van der Waals surface area contributed by atoms with Crippen LogP contribution < -0.4 is 9.47 Å². The van der Waals surface area contributed by atoms with Gasteiger partial charge in [-0.25, -0.2) is 0 Å². The van der Waals surface area contributed by atoms with Crippen molar-refractivity contribution >= 4 is 11.8 Å². The number of nitrogens with zero attached hydrogens (tertiary/aromatic N) is 2. The Kier molecular flexibility index (Phi) is 12.8. The van der Waals surface area contributed by atoms with Crippen LogP contribution in [0.2, 0.25) is 0 Å². The van der Waals surface area contributed by atoms with Crippen molar-refractivity contribution in [1.82, 2.24) is 9.80 Å². The molecule has 0 aliphatic carbocycles. The number of hydrogen-bond acceptors (Lipinski definition) is 6. The van der Waals surface area contributed by atoms with Gasteiger partial charge in [0.1, 0.15) is 5.76 Å². The third-order valence-electron chi connectivity index (χ3n) is 5.85. The molecule has 0 N–H and O–H groups in total. The molecule has 0 bridgehead atoms. The quantitative estimate of drug-likeness (QED) is 0.309. The molecule has 0 aliphatic heterocycles. The maximum atomic E-state index is 13.4. The molecule has 0 saturated heterocycles. The van der Waals surface area contributed by atoms with Crippen LogP contribution in [0.4, 0.5) is 0 Å². The van der Waals surface area contributed by atoms with Crippen molar-refractivity contribution in [2.75, 3.05) is 47.6 Å². The van der Waals surface area contributed by atoms with E-state index in [-0.39, 0.29) is 18.4 Å². The first kappa shape index (κ1) is 28.2. The smallest absolute Gasteiger partial charge is 0.242 e. The average Bonchev–Trinajstić information content (AvgIpc) is 3.39. The lowest BCUT2D eigenvalue weighted by Gasteiger charge is -2.27. The largest absolute Gasteiger partial charge is 0.493 e. The van der Waals surface area contributed by atoms with Gasteiger partial charge in [-0.2, -0.15) is 0 Å². The monoisotopic (exact) mass is 488 g/mol. The summed E-state index contributed by atoms with van der Waals surface area (Å²) in [6.45, 7) is 4.01. The first-order valence-corrected chi connectivity index (χ1v) is 12.3. The van der Waals surface area contributed by atoms with Crippen molar-refractivity contribution in [3.8, 4) is 11.5 Å². The van der Waals surface area contributed by atoms with Crippen LogP contribution in [-0.2, 0) is 27.3 Å². The zero-order chi connectivity index (χ0) is 25.5. The molecule has 1 aromatic carbocycles. The number of methoxy groups -OCH3 is 3. The van der Waals surface area contributed by atoms with Crippen LogP contribution >= 0.6 is 0 Å². The molecule has 194 valence electrons. The van der Waals surface area contributed by atoms with Gasteiger partial charge in [0.25, 0.3) is 0 Å². The van der Waals surface area contributed by atoms with Gasteiger partial charge < -0.3 is 28.4 Å². The van der Waals surface area contributed by atoms with E-state index in [0.717, 1.165) is 24.8 Å². The van der Waals surface area contributed by atoms with E-state index in [4.69, 9.17) is 18.6 Å². The summed E-state index contributed by atoms with van der Waals surface area (Å²) in [5.41, 5.74) is 1.02.